The van der Waals surface area contributed by atoms with Crippen LogP contribution in [0.25, 0.3) is 0 Å². The fraction of sp³-hybridized carbons (Fsp3) is 1.00. The zero-order chi connectivity index (χ0) is 15.6. The number of rotatable bonds is 1. The highest BCUT2D eigenvalue weighted by Crippen LogP contribution is 2.68. The first-order valence-corrected chi connectivity index (χ1v) is 10.2. The normalized spacial score (nSPS) is 57.8. The Bertz CT molecular complexity index is 445. The molecule has 0 bridgehead atoms. The van der Waals surface area contributed by atoms with Crippen LogP contribution in [0.2, 0.25) is 0 Å². The Morgan fingerprint density at radius 2 is 1.68 bits per heavy atom. The van der Waals surface area contributed by atoms with Gasteiger partial charge in [-0.2, -0.15) is 0 Å². The number of nitrogens with two attached hydrogens (primary N) is 1. The lowest BCUT2D eigenvalue weighted by atomic mass is 9.40. The van der Waals surface area contributed by atoms with Crippen molar-refractivity contribution in [2.45, 2.75) is 96.9 Å². The highest BCUT2D eigenvalue weighted by atomic mass is 14.9. The Labute approximate surface area is 137 Å². The summed E-state index contributed by atoms with van der Waals surface area (Å²) in [6.07, 6.45) is 15.7. The van der Waals surface area contributed by atoms with E-state index in [1.165, 1.54) is 70.6 Å². The molecule has 126 valence electrons. The second-order valence-corrected chi connectivity index (χ2v) is 9.97. The van der Waals surface area contributed by atoms with Crippen LogP contribution in [-0.4, -0.2) is 5.54 Å². The molecule has 5 unspecified atom stereocenters. The van der Waals surface area contributed by atoms with Gasteiger partial charge < -0.3 is 5.73 Å². The third-order valence-corrected chi connectivity index (χ3v) is 9.41. The van der Waals surface area contributed by atoms with Gasteiger partial charge in [-0.15, -0.1) is 0 Å². The lowest BCUT2D eigenvalue weighted by Gasteiger charge is -2.66. The Morgan fingerprint density at radius 1 is 0.909 bits per heavy atom. The summed E-state index contributed by atoms with van der Waals surface area (Å²) in [5, 5.41) is 0. The van der Waals surface area contributed by atoms with E-state index in [-0.39, 0.29) is 5.54 Å². The summed E-state index contributed by atoms with van der Waals surface area (Å²) in [5.41, 5.74) is 8.49. The Kier molecular flexibility index (Phi) is 3.50. The Balaban J connectivity index is 1.73. The molecule has 7 atom stereocenters. The molecule has 0 aromatic rings. The molecule has 0 saturated heterocycles. The van der Waals surface area contributed by atoms with Crippen LogP contribution in [0.1, 0.15) is 91.4 Å². The van der Waals surface area contributed by atoms with Crippen LogP contribution < -0.4 is 5.73 Å². The summed E-state index contributed by atoms with van der Waals surface area (Å²) in [6.45, 7) is 7.64. The third kappa shape index (κ3) is 1.81. The second kappa shape index (κ2) is 4.98. The minimum atomic E-state index is 0.146. The monoisotopic (exact) mass is 303 g/mol. The molecule has 1 heteroatoms. The summed E-state index contributed by atoms with van der Waals surface area (Å²) in [4.78, 5) is 0. The zero-order valence-corrected chi connectivity index (χ0v) is 15.2. The quantitative estimate of drug-likeness (QED) is 0.677. The molecule has 22 heavy (non-hydrogen) atoms. The van der Waals surface area contributed by atoms with Gasteiger partial charge in [0.2, 0.25) is 0 Å². The second-order valence-electron chi connectivity index (χ2n) is 9.97. The summed E-state index contributed by atoms with van der Waals surface area (Å²) in [7, 11) is 0. The van der Waals surface area contributed by atoms with E-state index in [0.29, 0.717) is 10.8 Å². The molecule has 4 saturated carbocycles. The van der Waals surface area contributed by atoms with Gasteiger partial charge >= 0.3 is 0 Å². The van der Waals surface area contributed by atoms with Crippen LogP contribution in [0.5, 0.6) is 0 Å². The molecule has 0 aliphatic heterocycles. The molecule has 1 nitrogen and oxygen atoms in total. The molecule has 4 fully saturated rings. The average Bonchev–Trinajstić information content (AvgIpc) is 2.89. The third-order valence-electron chi connectivity index (χ3n) is 9.41. The maximum atomic E-state index is 7.23. The highest BCUT2D eigenvalue weighted by Gasteiger charge is 2.63. The van der Waals surface area contributed by atoms with E-state index in [2.05, 4.69) is 20.8 Å². The lowest BCUT2D eigenvalue weighted by molar-refractivity contribution is -0.143. The fourth-order valence-electron chi connectivity index (χ4n) is 8.10. The van der Waals surface area contributed by atoms with Crippen molar-refractivity contribution in [3.05, 3.63) is 0 Å². The minimum Gasteiger partial charge on any atom is -0.324 e. The molecule has 0 heterocycles. The van der Waals surface area contributed by atoms with E-state index in [1.54, 1.807) is 0 Å². The number of hydrogen-bond donors (Lipinski definition) is 1. The van der Waals surface area contributed by atoms with E-state index in [9.17, 15) is 0 Å². The van der Waals surface area contributed by atoms with Crippen molar-refractivity contribution in [3.8, 4) is 0 Å². The van der Waals surface area contributed by atoms with Crippen molar-refractivity contribution in [3.63, 3.8) is 0 Å². The van der Waals surface area contributed by atoms with E-state index >= 15 is 0 Å². The zero-order valence-electron chi connectivity index (χ0n) is 15.2. The largest absolute Gasteiger partial charge is 0.324 e. The van der Waals surface area contributed by atoms with Crippen LogP contribution in [0.3, 0.4) is 0 Å². The fourth-order valence-corrected chi connectivity index (χ4v) is 8.10. The molecule has 0 radical (unpaired) electrons. The molecule has 4 aliphatic carbocycles. The van der Waals surface area contributed by atoms with Crippen molar-refractivity contribution >= 4 is 0 Å². The molecule has 4 aliphatic rings. The van der Waals surface area contributed by atoms with Crippen molar-refractivity contribution in [2.24, 2.45) is 40.2 Å². The van der Waals surface area contributed by atoms with Crippen LogP contribution in [0, 0.1) is 34.5 Å². The van der Waals surface area contributed by atoms with Crippen molar-refractivity contribution in [2.75, 3.05) is 0 Å². The van der Waals surface area contributed by atoms with Gasteiger partial charge in [0.05, 0.1) is 0 Å². The number of hydrogen-bond acceptors (Lipinski definition) is 1. The van der Waals surface area contributed by atoms with Gasteiger partial charge in [-0.05, 0) is 79.4 Å². The molecule has 0 amide bonds. The number of fused-ring (bicyclic) bond motifs is 5. The smallest absolute Gasteiger partial charge is 0.0240 e. The predicted octanol–water partition coefficient (Wildman–Crippen LogP) is 5.53. The predicted molar refractivity (Wildman–Crippen MR) is 93.6 cm³/mol. The molecular weight excluding hydrogens is 266 g/mol. The highest BCUT2D eigenvalue weighted by molar-refractivity contribution is 5.16. The topological polar surface area (TPSA) is 26.0 Å². The molecule has 4 rings (SSSR count). The maximum Gasteiger partial charge on any atom is 0.0240 e. The first-order valence-electron chi connectivity index (χ1n) is 10.2. The van der Waals surface area contributed by atoms with Crippen molar-refractivity contribution < 1.29 is 0 Å². The van der Waals surface area contributed by atoms with Crippen LogP contribution in [-0.2, 0) is 0 Å². The van der Waals surface area contributed by atoms with E-state index < -0.39 is 0 Å². The van der Waals surface area contributed by atoms with Gasteiger partial charge in [-0.3, -0.25) is 0 Å². The molecule has 0 aromatic heterocycles. The standard InChI is InChI=1S/C21H37N/c1-4-15-14-16-17-8-7-10-19(17,2)13-9-18(16)20(3)11-5-6-12-21(15,20)22/h15-18H,4-14,22H2,1-3H3/t15-,16?,17?,18-,19?,20?,21?/m0/s1. The van der Waals surface area contributed by atoms with Gasteiger partial charge in [0.25, 0.3) is 0 Å². The van der Waals surface area contributed by atoms with Gasteiger partial charge in [0.1, 0.15) is 0 Å². The molecular formula is C21H37N. The Morgan fingerprint density at radius 3 is 2.45 bits per heavy atom. The maximum absolute atomic E-state index is 7.23. The SMILES string of the molecule is CC[C@H]1CC2C3CCCC3(C)CC[C@@H]2C2(C)CCCCC12N. The van der Waals surface area contributed by atoms with Crippen LogP contribution in [0.15, 0.2) is 0 Å². The summed E-state index contributed by atoms with van der Waals surface area (Å²) in [6, 6.07) is 0. The van der Waals surface area contributed by atoms with Crippen molar-refractivity contribution in [1.82, 2.24) is 0 Å². The molecule has 0 spiro atoms. The van der Waals surface area contributed by atoms with Crippen LogP contribution in [0.4, 0.5) is 0 Å². The Hall–Kier alpha value is -0.0400. The average molecular weight is 304 g/mol. The summed E-state index contributed by atoms with van der Waals surface area (Å²) >= 11 is 0. The van der Waals surface area contributed by atoms with E-state index in [0.717, 1.165) is 23.7 Å². The van der Waals surface area contributed by atoms with Gasteiger partial charge in [0, 0.05) is 5.54 Å². The summed E-state index contributed by atoms with van der Waals surface area (Å²) < 4.78 is 0. The summed E-state index contributed by atoms with van der Waals surface area (Å²) in [5.74, 6) is 3.72. The van der Waals surface area contributed by atoms with Gasteiger partial charge in [-0.1, -0.05) is 46.5 Å². The van der Waals surface area contributed by atoms with Gasteiger partial charge in [-0.25, -0.2) is 0 Å². The van der Waals surface area contributed by atoms with E-state index in [4.69, 9.17) is 5.73 Å². The van der Waals surface area contributed by atoms with Crippen molar-refractivity contribution in [1.29, 1.82) is 0 Å². The van der Waals surface area contributed by atoms with Gasteiger partial charge in [0.15, 0.2) is 0 Å². The van der Waals surface area contributed by atoms with Crippen LogP contribution >= 0.6 is 0 Å². The lowest BCUT2D eigenvalue weighted by Crippen LogP contribution is -2.69. The molecule has 0 aromatic carbocycles. The molecule has 2 N–H and O–H groups in total. The van der Waals surface area contributed by atoms with E-state index in [1.807, 2.05) is 0 Å². The first kappa shape index (κ1) is 15.5. The minimum absolute atomic E-state index is 0.146. The first-order chi connectivity index (χ1) is 10.4.